The summed E-state index contributed by atoms with van der Waals surface area (Å²) in [6.07, 6.45) is -4.83. The molecular weight excluding hydrogens is 413 g/mol. The first kappa shape index (κ1) is 20.7. The van der Waals surface area contributed by atoms with Gasteiger partial charge in [0.25, 0.3) is 11.8 Å². The van der Waals surface area contributed by atoms with Crippen LogP contribution in [-0.4, -0.2) is 34.7 Å². The number of carbonyl (C=O) groups excluding carboxylic acids is 3. The number of thiophene rings is 1. The Kier molecular flexibility index (Phi) is 5.52. The minimum atomic E-state index is -4.83. The van der Waals surface area contributed by atoms with Crippen molar-refractivity contribution in [3.63, 3.8) is 0 Å². The fourth-order valence-corrected chi connectivity index (χ4v) is 3.69. The highest BCUT2D eigenvalue weighted by Gasteiger charge is 2.40. The third-order valence-electron chi connectivity index (χ3n) is 3.46. The molecule has 2 rings (SSSR count). The van der Waals surface area contributed by atoms with E-state index in [1.54, 1.807) is 0 Å². The van der Waals surface area contributed by atoms with Crippen molar-refractivity contribution in [2.75, 3.05) is 12.4 Å². The molecule has 0 atom stereocenters. The molecule has 2 aromatic rings. The van der Waals surface area contributed by atoms with E-state index in [-0.39, 0.29) is 21.0 Å². The van der Waals surface area contributed by atoms with Crippen LogP contribution in [0.4, 0.5) is 18.2 Å². The molecule has 3 N–H and O–H groups in total. The lowest BCUT2D eigenvalue weighted by atomic mass is 10.1. The number of amides is 2. The van der Waals surface area contributed by atoms with Gasteiger partial charge in [-0.3, -0.25) is 14.3 Å². The van der Waals surface area contributed by atoms with Gasteiger partial charge in [0, 0.05) is 7.05 Å². The molecule has 2 aromatic heterocycles. The fraction of sp³-hybridized carbons (Fsp3) is 0.286. The van der Waals surface area contributed by atoms with Gasteiger partial charge >= 0.3 is 12.1 Å². The summed E-state index contributed by atoms with van der Waals surface area (Å²) in [6, 6.07) is 0. The highest BCUT2D eigenvalue weighted by Crippen LogP contribution is 2.37. The van der Waals surface area contributed by atoms with E-state index in [1.165, 1.54) is 6.92 Å². The largest absolute Gasteiger partial charge is 0.465 e. The van der Waals surface area contributed by atoms with Gasteiger partial charge in [0.2, 0.25) is 0 Å². The monoisotopic (exact) mass is 424 g/mol. The minimum Gasteiger partial charge on any atom is -0.465 e. The van der Waals surface area contributed by atoms with E-state index in [4.69, 9.17) is 17.3 Å². The van der Waals surface area contributed by atoms with E-state index in [2.05, 4.69) is 15.2 Å². The summed E-state index contributed by atoms with van der Waals surface area (Å²) in [4.78, 5) is 35.8. The molecule has 27 heavy (non-hydrogen) atoms. The van der Waals surface area contributed by atoms with Crippen LogP contribution in [0.1, 0.15) is 41.8 Å². The molecule has 0 fully saturated rings. The molecule has 0 unspecified atom stereocenters. The Labute approximate surface area is 159 Å². The average Bonchev–Trinajstić information content (AvgIpc) is 3.02. The lowest BCUT2D eigenvalue weighted by Gasteiger charge is -2.06. The lowest BCUT2D eigenvalue weighted by molar-refractivity contribution is -0.143. The maximum Gasteiger partial charge on any atom is 0.434 e. The van der Waals surface area contributed by atoms with Crippen LogP contribution in [0.15, 0.2) is 0 Å². The van der Waals surface area contributed by atoms with Crippen molar-refractivity contribution < 1.29 is 32.3 Å². The van der Waals surface area contributed by atoms with Crippen molar-refractivity contribution in [3.05, 3.63) is 32.4 Å². The topological polar surface area (TPSA) is 116 Å². The fourth-order valence-electron chi connectivity index (χ4n) is 2.30. The molecule has 0 saturated heterocycles. The predicted octanol–water partition coefficient (Wildman–Crippen LogP) is 2.60. The molecule has 2 amide bonds. The molecule has 0 aliphatic heterocycles. The van der Waals surface area contributed by atoms with Gasteiger partial charge in [-0.05, 0) is 12.5 Å². The predicted molar refractivity (Wildman–Crippen MR) is 90.1 cm³/mol. The molecule has 0 radical (unpaired) electrons. The van der Waals surface area contributed by atoms with Crippen LogP contribution in [0.5, 0.6) is 0 Å². The summed E-state index contributed by atoms with van der Waals surface area (Å²) < 4.78 is 44.0. The van der Waals surface area contributed by atoms with Crippen LogP contribution in [-0.2, 0) is 18.0 Å². The quantitative estimate of drug-likeness (QED) is 0.732. The molecule has 13 heteroatoms. The Hall–Kier alpha value is -2.60. The molecule has 0 bridgehead atoms. The molecule has 0 aliphatic carbocycles. The normalized spacial score (nSPS) is 11.4. The summed E-state index contributed by atoms with van der Waals surface area (Å²) in [5.74, 6) is -2.82. The van der Waals surface area contributed by atoms with Gasteiger partial charge in [0.1, 0.15) is 10.0 Å². The number of rotatable bonds is 4. The summed E-state index contributed by atoms with van der Waals surface area (Å²) >= 11 is 6.34. The third-order valence-corrected chi connectivity index (χ3v) is 5.04. The first-order valence-electron chi connectivity index (χ1n) is 7.02. The van der Waals surface area contributed by atoms with Crippen LogP contribution in [0.2, 0.25) is 5.02 Å². The Bertz CT molecular complexity index is 951. The van der Waals surface area contributed by atoms with Gasteiger partial charge in [-0.1, -0.05) is 11.6 Å². The molecule has 0 spiro atoms. The van der Waals surface area contributed by atoms with Crippen LogP contribution < -0.4 is 11.1 Å². The maximum absolute atomic E-state index is 13.0. The zero-order valence-corrected chi connectivity index (χ0v) is 15.6. The third kappa shape index (κ3) is 3.76. The van der Waals surface area contributed by atoms with E-state index in [0.717, 1.165) is 14.2 Å². The van der Waals surface area contributed by atoms with Crippen LogP contribution in [0, 0.1) is 6.92 Å². The lowest BCUT2D eigenvalue weighted by Crippen LogP contribution is -2.15. The van der Waals surface area contributed by atoms with Crippen molar-refractivity contribution in [3.8, 4) is 0 Å². The number of ether oxygens (including phenoxy) is 1. The average molecular weight is 425 g/mol. The number of hydrogen-bond donors (Lipinski definition) is 2. The standard InChI is InChI=1S/C14H12ClF3N4O4S/c1-4-5(13(25)26-3)12(27-8(4)10(19)23)20-11(24)7-6(15)9(14(16,17)18)22(2)21-7/h1-3H3,(H2,19,23)(H,20,24). The highest BCUT2D eigenvalue weighted by molar-refractivity contribution is 7.18. The number of anilines is 1. The molecule has 0 aromatic carbocycles. The number of nitrogens with one attached hydrogen (secondary N) is 1. The molecule has 146 valence electrons. The number of carbonyl (C=O) groups is 3. The van der Waals surface area contributed by atoms with Gasteiger partial charge in [-0.2, -0.15) is 18.3 Å². The molecule has 0 aliphatic rings. The number of nitrogens with two attached hydrogens (primary N) is 1. The number of methoxy groups -OCH3 is 1. The first-order valence-corrected chi connectivity index (χ1v) is 8.22. The zero-order chi connectivity index (χ0) is 20.7. The smallest absolute Gasteiger partial charge is 0.434 e. The number of esters is 1. The number of hydrogen-bond acceptors (Lipinski definition) is 6. The number of alkyl halides is 3. The van der Waals surface area contributed by atoms with E-state index < -0.39 is 40.4 Å². The number of aryl methyl sites for hydroxylation is 1. The maximum atomic E-state index is 13.0. The zero-order valence-electron chi connectivity index (χ0n) is 14.0. The molecular formula is C14H12ClF3N4O4S. The first-order chi connectivity index (χ1) is 12.4. The highest BCUT2D eigenvalue weighted by atomic mass is 35.5. The van der Waals surface area contributed by atoms with Crippen LogP contribution >= 0.6 is 22.9 Å². The molecule has 2 heterocycles. The SMILES string of the molecule is COC(=O)c1c(NC(=O)c2nn(C)c(C(F)(F)F)c2Cl)sc(C(N)=O)c1C. The Morgan fingerprint density at radius 1 is 1.33 bits per heavy atom. The summed E-state index contributed by atoms with van der Waals surface area (Å²) in [5, 5.41) is 4.69. The molecule has 8 nitrogen and oxygen atoms in total. The van der Waals surface area contributed by atoms with Crippen molar-refractivity contribution in [1.82, 2.24) is 9.78 Å². The van der Waals surface area contributed by atoms with E-state index >= 15 is 0 Å². The van der Waals surface area contributed by atoms with Crippen molar-refractivity contribution in [2.24, 2.45) is 12.8 Å². The van der Waals surface area contributed by atoms with Gasteiger partial charge < -0.3 is 15.8 Å². The van der Waals surface area contributed by atoms with Gasteiger partial charge in [-0.15, -0.1) is 11.3 Å². The Morgan fingerprint density at radius 2 is 1.93 bits per heavy atom. The van der Waals surface area contributed by atoms with Gasteiger partial charge in [-0.25, -0.2) is 4.79 Å². The number of aromatic nitrogens is 2. The van der Waals surface area contributed by atoms with Crippen LogP contribution in [0.3, 0.4) is 0 Å². The van der Waals surface area contributed by atoms with Crippen molar-refractivity contribution in [2.45, 2.75) is 13.1 Å². The Morgan fingerprint density at radius 3 is 2.37 bits per heavy atom. The molecule has 0 saturated carbocycles. The minimum absolute atomic E-state index is 0.0196. The van der Waals surface area contributed by atoms with E-state index in [1.807, 2.05) is 0 Å². The second-order valence-corrected chi connectivity index (χ2v) is 6.60. The van der Waals surface area contributed by atoms with E-state index in [0.29, 0.717) is 16.0 Å². The number of nitrogens with zero attached hydrogens (tertiary/aromatic N) is 2. The van der Waals surface area contributed by atoms with Crippen molar-refractivity contribution in [1.29, 1.82) is 0 Å². The number of primary amides is 1. The van der Waals surface area contributed by atoms with Crippen molar-refractivity contribution >= 4 is 45.7 Å². The summed E-state index contributed by atoms with van der Waals surface area (Å²) in [7, 11) is 2.06. The Balaban J connectivity index is 2.49. The number of halogens is 4. The van der Waals surface area contributed by atoms with Gasteiger partial charge in [0.05, 0.1) is 17.6 Å². The van der Waals surface area contributed by atoms with Crippen LogP contribution in [0.25, 0.3) is 0 Å². The second kappa shape index (κ2) is 7.19. The second-order valence-electron chi connectivity index (χ2n) is 5.20. The summed E-state index contributed by atoms with van der Waals surface area (Å²) in [6.45, 7) is 1.41. The van der Waals surface area contributed by atoms with Gasteiger partial charge in [0.15, 0.2) is 11.4 Å². The summed E-state index contributed by atoms with van der Waals surface area (Å²) in [5.41, 5.74) is 3.24. The van der Waals surface area contributed by atoms with E-state index in [9.17, 15) is 27.6 Å².